The van der Waals surface area contributed by atoms with Gasteiger partial charge in [-0.1, -0.05) is 36.4 Å². The van der Waals surface area contributed by atoms with E-state index < -0.39 is 24.2 Å². The molecule has 2 atom stereocenters. The van der Waals surface area contributed by atoms with Crippen molar-refractivity contribution in [1.29, 1.82) is 0 Å². The molecular formula is C20H23NO7. The predicted molar refractivity (Wildman–Crippen MR) is 100 cm³/mol. The quantitative estimate of drug-likeness (QED) is 0.667. The van der Waals surface area contributed by atoms with Crippen molar-refractivity contribution in [2.45, 2.75) is 18.8 Å². The molecule has 1 amide bonds. The normalized spacial score (nSPS) is 12.4. The van der Waals surface area contributed by atoms with Crippen molar-refractivity contribution in [3.8, 4) is 11.5 Å². The molecule has 0 unspecified atom stereocenters. The molecule has 0 saturated heterocycles. The van der Waals surface area contributed by atoms with Gasteiger partial charge in [0.05, 0.1) is 27.4 Å². The maximum Gasteiger partial charge on any atom is 0.408 e. The molecule has 0 aliphatic heterocycles. The number of rotatable bonds is 8. The topological polar surface area (TPSA) is 103 Å². The van der Waals surface area contributed by atoms with Crippen LogP contribution in [0.5, 0.6) is 11.5 Å². The summed E-state index contributed by atoms with van der Waals surface area (Å²) >= 11 is 0. The van der Waals surface area contributed by atoms with Gasteiger partial charge in [-0.3, -0.25) is 0 Å². The van der Waals surface area contributed by atoms with Crippen molar-refractivity contribution in [1.82, 2.24) is 5.32 Å². The number of methoxy groups -OCH3 is 3. The Balaban J connectivity index is 2.19. The van der Waals surface area contributed by atoms with Gasteiger partial charge in [0.15, 0.2) is 17.6 Å². The van der Waals surface area contributed by atoms with Gasteiger partial charge < -0.3 is 29.4 Å². The first-order valence-electron chi connectivity index (χ1n) is 8.45. The maximum absolute atomic E-state index is 12.2. The van der Waals surface area contributed by atoms with Crippen molar-refractivity contribution in [2.24, 2.45) is 0 Å². The fourth-order valence-corrected chi connectivity index (χ4v) is 2.54. The van der Waals surface area contributed by atoms with Crippen LogP contribution in [0, 0.1) is 0 Å². The zero-order valence-electron chi connectivity index (χ0n) is 15.9. The highest BCUT2D eigenvalue weighted by atomic mass is 16.6. The number of alkyl carbamates (subject to hydrolysis) is 1. The molecule has 0 bridgehead atoms. The van der Waals surface area contributed by atoms with Crippen molar-refractivity contribution >= 4 is 12.1 Å². The van der Waals surface area contributed by atoms with Crippen molar-refractivity contribution in [3.05, 3.63) is 59.7 Å². The van der Waals surface area contributed by atoms with Crippen LogP contribution in [0.25, 0.3) is 0 Å². The Hall–Kier alpha value is -3.26. The minimum absolute atomic E-state index is 0.0413. The van der Waals surface area contributed by atoms with E-state index in [-0.39, 0.29) is 6.61 Å². The van der Waals surface area contributed by atoms with E-state index in [9.17, 15) is 14.7 Å². The van der Waals surface area contributed by atoms with E-state index >= 15 is 0 Å². The number of hydrogen-bond donors (Lipinski definition) is 2. The highest BCUT2D eigenvalue weighted by Crippen LogP contribution is 2.31. The lowest BCUT2D eigenvalue weighted by atomic mass is 10.0. The number of carbonyl (C=O) groups is 2. The Morgan fingerprint density at radius 3 is 2.29 bits per heavy atom. The molecule has 8 heteroatoms. The van der Waals surface area contributed by atoms with Crippen molar-refractivity contribution in [3.63, 3.8) is 0 Å². The number of benzene rings is 2. The van der Waals surface area contributed by atoms with Crippen LogP contribution in [0.3, 0.4) is 0 Å². The van der Waals surface area contributed by atoms with Gasteiger partial charge in [-0.15, -0.1) is 0 Å². The minimum atomic E-state index is -1.65. The van der Waals surface area contributed by atoms with Gasteiger partial charge in [0.25, 0.3) is 0 Å². The van der Waals surface area contributed by atoms with E-state index in [1.807, 2.05) is 30.3 Å². The second kappa shape index (κ2) is 10.2. The lowest BCUT2D eigenvalue weighted by Gasteiger charge is -2.23. The SMILES string of the molecule is COC(=O)[C@H](O)[C@@H](NC(=O)OCc1ccccc1)c1ccc(OC)c(OC)c1. The Morgan fingerprint density at radius 1 is 1.00 bits per heavy atom. The van der Waals surface area contributed by atoms with Gasteiger partial charge in [-0.05, 0) is 23.3 Å². The highest BCUT2D eigenvalue weighted by Gasteiger charge is 2.31. The molecule has 2 aromatic carbocycles. The summed E-state index contributed by atoms with van der Waals surface area (Å²) in [6.07, 6.45) is -2.45. The zero-order valence-corrected chi connectivity index (χ0v) is 15.9. The first-order chi connectivity index (χ1) is 13.5. The van der Waals surface area contributed by atoms with Crippen LogP contribution in [-0.2, 0) is 20.9 Å². The Kier molecular flexibility index (Phi) is 7.65. The second-order valence-corrected chi connectivity index (χ2v) is 5.77. The second-order valence-electron chi connectivity index (χ2n) is 5.77. The molecule has 0 saturated carbocycles. The minimum Gasteiger partial charge on any atom is -0.493 e. The van der Waals surface area contributed by atoms with Gasteiger partial charge in [-0.2, -0.15) is 0 Å². The van der Waals surface area contributed by atoms with Crippen LogP contribution < -0.4 is 14.8 Å². The Bertz CT molecular complexity index is 794. The first-order valence-corrected chi connectivity index (χ1v) is 8.45. The fraction of sp³-hybridized carbons (Fsp3) is 0.300. The molecule has 0 aliphatic carbocycles. The fourth-order valence-electron chi connectivity index (χ4n) is 2.54. The molecule has 2 N–H and O–H groups in total. The molecule has 0 spiro atoms. The molecule has 8 nitrogen and oxygen atoms in total. The van der Waals surface area contributed by atoms with Gasteiger partial charge in [0.2, 0.25) is 0 Å². The number of esters is 1. The van der Waals surface area contributed by atoms with Crippen molar-refractivity contribution in [2.75, 3.05) is 21.3 Å². The van der Waals surface area contributed by atoms with E-state index in [2.05, 4.69) is 10.1 Å². The number of amides is 1. The molecule has 0 heterocycles. The van der Waals surface area contributed by atoms with Crippen LogP contribution in [0.1, 0.15) is 17.2 Å². The predicted octanol–water partition coefficient (Wildman–Crippen LogP) is 2.21. The Labute approximate surface area is 163 Å². The van der Waals surface area contributed by atoms with E-state index in [4.69, 9.17) is 14.2 Å². The third-order valence-electron chi connectivity index (χ3n) is 4.01. The van der Waals surface area contributed by atoms with Crippen LogP contribution in [0.4, 0.5) is 4.79 Å². The summed E-state index contributed by atoms with van der Waals surface area (Å²) < 4.78 is 20.2. The third-order valence-corrected chi connectivity index (χ3v) is 4.01. The van der Waals surface area contributed by atoms with Gasteiger partial charge in [-0.25, -0.2) is 9.59 Å². The summed E-state index contributed by atoms with van der Waals surface area (Å²) in [5, 5.41) is 12.8. The smallest absolute Gasteiger partial charge is 0.408 e. The van der Waals surface area contributed by atoms with Gasteiger partial charge in [0.1, 0.15) is 6.61 Å². The molecule has 0 fully saturated rings. The Morgan fingerprint density at radius 2 is 1.68 bits per heavy atom. The summed E-state index contributed by atoms with van der Waals surface area (Å²) in [6, 6.07) is 12.7. The molecule has 0 aliphatic rings. The van der Waals surface area contributed by atoms with Crippen LogP contribution in [0.2, 0.25) is 0 Å². The number of nitrogens with one attached hydrogen (secondary N) is 1. The standard InChI is InChI=1S/C20H23NO7/c1-25-15-10-9-14(11-16(15)26-2)17(18(22)19(23)27-3)21-20(24)28-12-13-7-5-4-6-8-13/h4-11,17-18,22H,12H2,1-3H3,(H,21,24)/t17-,18+/m0/s1. The summed E-state index contributed by atoms with van der Waals surface area (Å²) in [5.74, 6) is -0.0612. The average Bonchev–Trinajstić information content (AvgIpc) is 2.75. The van der Waals surface area contributed by atoms with E-state index in [1.165, 1.54) is 14.2 Å². The summed E-state index contributed by atoms with van der Waals surface area (Å²) in [6.45, 7) is 0.0413. The zero-order chi connectivity index (χ0) is 20.5. The number of hydrogen-bond acceptors (Lipinski definition) is 7. The largest absolute Gasteiger partial charge is 0.493 e. The number of ether oxygens (including phenoxy) is 4. The van der Waals surface area contributed by atoms with E-state index in [1.54, 1.807) is 18.2 Å². The van der Waals surface area contributed by atoms with Crippen LogP contribution >= 0.6 is 0 Å². The summed E-state index contributed by atoms with van der Waals surface area (Å²) in [4.78, 5) is 24.1. The average molecular weight is 389 g/mol. The highest BCUT2D eigenvalue weighted by molar-refractivity contribution is 5.77. The maximum atomic E-state index is 12.2. The van der Waals surface area contributed by atoms with Crippen LogP contribution in [0.15, 0.2) is 48.5 Å². The lowest BCUT2D eigenvalue weighted by Crippen LogP contribution is -2.41. The number of carbonyl (C=O) groups excluding carboxylic acids is 2. The molecule has 0 aromatic heterocycles. The molecule has 28 heavy (non-hydrogen) atoms. The monoisotopic (exact) mass is 389 g/mol. The number of aliphatic hydroxyl groups is 1. The molecule has 2 rings (SSSR count). The number of aliphatic hydroxyl groups excluding tert-OH is 1. The van der Waals surface area contributed by atoms with Gasteiger partial charge >= 0.3 is 12.1 Å². The first kappa shape index (κ1) is 21.0. The molecule has 0 radical (unpaired) electrons. The van der Waals surface area contributed by atoms with Crippen molar-refractivity contribution < 1.29 is 33.6 Å². The van der Waals surface area contributed by atoms with Gasteiger partial charge in [0, 0.05) is 0 Å². The third kappa shape index (κ3) is 5.37. The van der Waals surface area contributed by atoms with E-state index in [0.717, 1.165) is 12.7 Å². The van der Waals surface area contributed by atoms with Crippen LogP contribution in [-0.4, -0.2) is 44.6 Å². The lowest BCUT2D eigenvalue weighted by molar-refractivity contribution is -0.152. The molecule has 2 aromatic rings. The summed E-state index contributed by atoms with van der Waals surface area (Å²) in [7, 11) is 4.08. The molecular weight excluding hydrogens is 366 g/mol. The van der Waals surface area contributed by atoms with E-state index in [0.29, 0.717) is 17.1 Å². The summed E-state index contributed by atoms with van der Waals surface area (Å²) in [5.41, 5.74) is 1.21. The molecule has 150 valence electrons.